The van der Waals surface area contributed by atoms with Crippen molar-refractivity contribution < 1.29 is 13.9 Å². The van der Waals surface area contributed by atoms with Crippen LogP contribution in [-0.2, 0) is 4.74 Å². The summed E-state index contributed by atoms with van der Waals surface area (Å²) in [5.41, 5.74) is 2.55. The quantitative estimate of drug-likeness (QED) is 0.506. The van der Waals surface area contributed by atoms with Gasteiger partial charge in [-0.1, -0.05) is 17.4 Å². The first kappa shape index (κ1) is 18.2. The van der Waals surface area contributed by atoms with Gasteiger partial charge in [-0.25, -0.2) is 14.4 Å². The van der Waals surface area contributed by atoms with Gasteiger partial charge < -0.3 is 4.74 Å². The Kier molecular flexibility index (Phi) is 4.52. The molecule has 1 saturated heterocycles. The molecule has 1 aliphatic heterocycles. The van der Waals surface area contributed by atoms with Gasteiger partial charge in [0, 0.05) is 12.8 Å². The molecule has 4 aromatic rings. The number of aromatic nitrogens is 3. The molecule has 1 fully saturated rings. The standard InChI is InChI=1S/C21H19FN4O2S/c1-13-19(25-9-3-2-6-18(25)23-13)20(27)26(12-15-5-4-10-28-15)21-24-16-8-7-14(22)11-17(16)29-21/h2-3,6-9,11,15H,4-5,10,12H2,1H3. The Morgan fingerprint density at radius 2 is 2.24 bits per heavy atom. The number of imidazole rings is 1. The Morgan fingerprint density at radius 1 is 1.34 bits per heavy atom. The normalized spacial score (nSPS) is 16.7. The molecule has 1 unspecified atom stereocenters. The molecule has 0 bridgehead atoms. The lowest BCUT2D eigenvalue weighted by molar-refractivity contribution is 0.0912. The van der Waals surface area contributed by atoms with Crippen LogP contribution in [0.3, 0.4) is 0 Å². The van der Waals surface area contributed by atoms with Crippen LogP contribution in [0.25, 0.3) is 15.9 Å². The van der Waals surface area contributed by atoms with E-state index in [2.05, 4.69) is 9.97 Å². The molecule has 1 aromatic carbocycles. The predicted molar refractivity (Wildman–Crippen MR) is 110 cm³/mol. The number of anilines is 1. The zero-order valence-electron chi connectivity index (χ0n) is 15.8. The summed E-state index contributed by atoms with van der Waals surface area (Å²) in [6, 6.07) is 10.1. The van der Waals surface area contributed by atoms with Crippen molar-refractivity contribution in [3.8, 4) is 0 Å². The van der Waals surface area contributed by atoms with Crippen LogP contribution in [0, 0.1) is 12.7 Å². The monoisotopic (exact) mass is 410 g/mol. The number of fused-ring (bicyclic) bond motifs is 2. The third-order valence-electron chi connectivity index (χ3n) is 5.13. The number of amides is 1. The number of pyridine rings is 1. The molecule has 8 heteroatoms. The van der Waals surface area contributed by atoms with E-state index in [0.29, 0.717) is 39.9 Å². The topological polar surface area (TPSA) is 59.7 Å². The Labute approximate surface area is 170 Å². The maximum atomic E-state index is 13.7. The fourth-order valence-corrected chi connectivity index (χ4v) is 4.74. The van der Waals surface area contributed by atoms with Gasteiger partial charge in [0.15, 0.2) is 5.13 Å². The highest BCUT2D eigenvalue weighted by molar-refractivity contribution is 7.22. The highest BCUT2D eigenvalue weighted by Gasteiger charge is 2.30. The first-order chi connectivity index (χ1) is 14.1. The van der Waals surface area contributed by atoms with Gasteiger partial charge in [0.25, 0.3) is 5.91 Å². The van der Waals surface area contributed by atoms with E-state index in [1.165, 1.54) is 23.5 Å². The number of carbonyl (C=O) groups is 1. The van der Waals surface area contributed by atoms with Crippen molar-refractivity contribution in [2.24, 2.45) is 0 Å². The third-order valence-corrected chi connectivity index (χ3v) is 6.17. The Morgan fingerprint density at radius 3 is 3.07 bits per heavy atom. The van der Waals surface area contributed by atoms with Crippen molar-refractivity contribution in [1.29, 1.82) is 0 Å². The van der Waals surface area contributed by atoms with Crippen molar-refractivity contribution in [2.75, 3.05) is 18.1 Å². The first-order valence-corrected chi connectivity index (χ1v) is 10.3. The summed E-state index contributed by atoms with van der Waals surface area (Å²) in [5.74, 6) is -0.501. The van der Waals surface area contributed by atoms with Gasteiger partial charge in [0.05, 0.1) is 28.6 Å². The highest BCUT2D eigenvalue weighted by atomic mass is 32.1. The van der Waals surface area contributed by atoms with E-state index in [4.69, 9.17) is 4.74 Å². The summed E-state index contributed by atoms with van der Waals surface area (Å²) < 4.78 is 21.9. The molecule has 1 amide bonds. The summed E-state index contributed by atoms with van der Waals surface area (Å²) in [5, 5.41) is 0.538. The molecule has 0 N–H and O–H groups in total. The smallest absolute Gasteiger partial charge is 0.279 e. The predicted octanol–water partition coefficient (Wildman–Crippen LogP) is 4.22. The van der Waals surface area contributed by atoms with Crippen LogP contribution in [-0.4, -0.2) is 39.5 Å². The number of rotatable bonds is 4. The number of nitrogens with zero attached hydrogens (tertiary/aromatic N) is 4. The molecular formula is C21H19FN4O2S. The molecule has 0 saturated carbocycles. The Bertz CT molecular complexity index is 1210. The zero-order chi connectivity index (χ0) is 20.0. The second-order valence-electron chi connectivity index (χ2n) is 7.13. The second-order valence-corrected chi connectivity index (χ2v) is 8.14. The lowest BCUT2D eigenvalue weighted by Crippen LogP contribution is -2.38. The number of ether oxygens (including phenoxy) is 1. The maximum absolute atomic E-state index is 13.7. The van der Waals surface area contributed by atoms with Crippen LogP contribution in [0.1, 0.15) is 29.0 Å². The Balaban J connectivity index is 1.60. The largest absolute Gasteiger partial charge is 0.376 e. The molecule has 1 atom stereocenters. The number of halogens is 1. The van der Waals surface area contributed by atoms with Crippen molar-refractivity contribution in [3.63, 3.8) is 0 Å². The van der Waals surface area contributed by atoms with E-state index < -0.39 is 0 Å². The van der Waals surface area contributed by atoms with E-state index >= 15 is 0 Å². The van der Waals surface area contributed by atoms with Gasteiger partial charge in [-0.15, -0.1) is 0 Å². The number of carbonyl (C=O) groups excluding carboxylic acids is 1. The van der Waals surface area contributed by atoms with Crippen LogP contribution in [0.5, 0.6) is 0 Å². The number of thiazole rings is 1. The van der Waals surface area contributed by atoms with Crippen LogP contribution >= 0.6 is 11.3 Å². The Hall–Kier alpha value is -2.84. The summed E-state index contributed by atoms with van der Waals surface area (Å²) in [6.45, 7) is 2.94. The van der Waals surface area contributed by atoms with E-state index in [1.54, 1.807) is 15.4 Å². The molecule has 4 heterocycles. The van der Waals surface area contributed by atoms with Gasteiger partial charge in [-0.2, -0.15) is 0 Å². The molecule has 0 spiro atoms. The van der Waals surface area contributed by atoms with Crippen molar-refractivity contribution in [3.05, 3.63) is 59.8 Å². The minimum Gasteiger partial charge on any atom is -0.376 e. The SMILES string of the molecule is Cc1nc2ccccn2c1C(=O)N(CC1CCCO1)c1nc2ccc(F)cc2s1. The van der Waals surface area contributed by atoms with Crippen LogP contribution < -0.4 is 4.90 Å². The fourth-order valence-electron chi connectivity index (χ4n) is 3.74. The molecule has 0 radical (unpaired) electrons. The minimum absolute atomic E-state index is 0.0396. The third kappa shape index (κ3) is 3.28. The summed E-state index contributed by atoms with van der Waals surface area (Å²) in [6.07, 6.45) is 3.67. The van der Waals surface area contributed by atoms with Crippen molar-refractivity contribution >= 4 is 38.2 Å². The molecule has 0 aliphatic carbocycles. The van der Waals surface area contributed by atoms with Gasteiger partial charge in [0.1, 0.15) is 17.2 Å². The molecule has 6 nitrogen and oxygen atoms in total. The van der Waals surface area contributed by atoms with Crippen molar-refractivity contribution in [1.82, 2.24) is 14.4 Å². The molecule has 29 heavy (non-hydrogen) atoms. The maximum Gasteiger partial charge on any atom is 0.279 e. The molecular weight excluding hydrogens is 391 g/mol. The number of aryl methyl sites for hydroxylation is 1. The van der Waals surface area contributed by atoms with Gasteiger partial charge in [-0.3, -0.25) is 14.1 Å². The van der Waals surface area contributed by atoms with Crippen molar-refractivity contribution in [2.45, 2.75) is 25.9 Å². The van der Waals surface area contributed by atoms with Crippen LogP contribution in [0.4, 0.5) is 9.52 Å². The van der Waals surface area contributed by atoms with E-state index in [-0.39, 0.29) is 17.8 Å². The van der Waals surface area contributed by atoms with E-state index in [1.807, 2.05) is 31.3 Å². The number of hydrogen-bond donors (Lipinski definition) is 0. The molecule has 3 aromatic heterocycles. The van der Waals surface area contributed by atoms with E-state index in [9.17, 15) is 9.18 Å². The lowest BCUT2D eigenvalue weighted by atomic mass is 10.2. The summed E-state index contributed by atoms with van der Waals surface area (Å²) in [4.78, 5) is 24.5. The van der Waals surface area contributed by atoms with Gasteiger partial charge in [0.2, 0.25) is 0 Å². The van der Waals surface area contributed by atoms with Gasteiger partial charge >= 0.3 is 0 Å². The fraction of sp³-hybridized carbons (Fsp3) is 0.286. The van der Waals surface area contributed by atoms with Gasteiger partial charge in [-0.05, 0) is 50.1 Å². The zero-order valence-corrected chi connectivity index (χ0v) is 16.7. The number of hydrogen-bond acceptors (Lipinski definition) is 5. The number of benzene rings is 1. The average molecular weight is 410 g/mol. The first-order valence-electron chi connectivity index (χ1n) is 9.53. The average Bonchev–Trinajstić information content (AvgIpc) is 3.42. The molecule has 1 aliphatic rings. The minimum atomic E-state index is -0.317. The molecule has 148 valence electrons. The summed E-state index contributed by atoms with van der Waals surface area (Å²) in [7, 11) is 0. The lowest BCUT2D eigenvalue weighted by Gasteiger charge is -2.23. The van der Waals surface area contributed by atoms with Crippen LogP contribution in [0.2, 0.25) is 0 Å². The summed E-state index contributed by atoms with van der Waals surface area (Å²) >= 11 is 1.31. The van der Waals surface area contributed by atoms with E-state index in [0.717, 1.165) is 18.5 Å². The molecule has 5 rings (SSSR count). The second kappa shape index (κ2) is 7.20. The highest BCUT2D eigenvalue weighted by Crippen LogP contribution is 2.32. The van der Waals surface area contributed by atoms with Crippen LogP contribution in [0.15, 0.2) is 42.6 Å².